The number of aromatic nitrogens is 3. The van der Waals surface area contributed by atoms with Gasteiger partial charge in [-0.15, -0.1) is 0 Å². The van der Waals surface area contributed by atoms with Crippen molar-refractivity contribution in [2.24, 2.45) is 0 Å². The van der Waals surface area contributed by atoms with Crippen molar-refractivity contribution < 1.29 is 4.74 Å². The highest BCUT2D eigenvalue weighted by atomic mass is 32.2. The fraction of sp³-hybridized carbons (Fsp3) is 0.769. The maximum Gasteiger partial charge on any atom is 0.323 e. The van der Waals surface area contributed by atoms with Crippen molar-refractivity contribution in [3.8, 4) is 6.01 Å². The predicted octanol–water partition coefficient (Wildman–Crippen LogP) is 2.40. The summed E-state index contributed by atoms with van der Waals surface area (Å²) < 4.78 is 5.41. The summed E-state index contributed by atoms with van der Waals surface area (Å²) in [6, 6.07) is 0.834. The van der Waals surface area contributed by atoms with Crippen molar-refractivity contribution in [1.82, 2.24) is 15.0 Å². The van der Waals surface area contributed by atoms with Gasteiger partial charge in [-0.3, -0.25) is 0 Å². The van der Waals surface area contributed by atoms with Crippen LogP contribution in [0.2, 0.25) is 0 Å². The molecule has 0 spiro atoms. The smallest absolute Gasteiger partial charge is 0.323 e. The molecule has 1 saturated heterocycles. The highest BCUT2D eigenvalue weighted by Gasteiger charge is 2.16. The second-order valence-corrected chi connectivity index (χ2v) is 5.88. The van der Waals surface area contributed by atoms with Crippen molar-refractivity contribution in [2.75, 3.05) is 35.3 Å². The number of thioether (sulfide) groups is 1. The molecule has 0 unspecified atom stereocenters. The molecule has 0 bridgehead atoms. The van der Waals surface area contributed by atoms with Gasteiger partial charge >= 0.3 is 6.01 Å². The molecule has 20 heavy (non-hydrogen) atoms. The van der Waals surface area contributed by atoms with Crippen molar-refractivity contribution in [2.45, 2.75) is 39.2 Å². The van der Waals surface area contributed by atoms with Gasteiger partial charge in [-0.05, 0) is 37.7 Å². The number of hydrogen-bond donors (Lipinski definition) is 2. The molecule has 0 aromatic carbocycles. The lowest BCUT2D eigenvalue weighted by molar-refractivity contribution is 0.312. The molecule has 1 aromatic heterocycles. The summed E-state index contributed by atoms with van der Waals surface area (Å²) in [5, 5.41) is 6.59. The van der Waals surface area contributed by atoms with E-state index in [1.165, 1.54) is 11.5 Å². The first-order chi connectivity index (χ1) is 9.81. The zero-order chi connectivity index (χ0) is 14.2. The summed E-state index contributed by atoms with van der Waals surface area (Å²) >= 11 is 2.00. The lowest BCUT2D eigenvalue weighted by Gasteiger charge is -2.22. The maximum atomic E-state index is 5.41. The van der Waals surface area contributed by atoms with Gasteiger partial charge in [0, 0.05) is 12.6 Å². The Morgan fingerprint density at radius 1 is 1.15 bits per heavy atom. The van der Waals surface area contributed by atoms with Gasteiger partial charge < -0.3 is 15.4 Å². The molecular weight excluding hydrogens is 274 g/mol. The Bertz CT molecular complexity index is 412. The molecule has 1 aliphatic heterocycles. The van der Waals surface area contributed by atoms with Crippen LogP contribution in [-0.2, 0) is 0 Å². The molecule has 1 fully saturated rings. The van der Waals surface area contributed by atoms with Gasteiger partial charge in [-0.1, -0.05) is 6.92 Å². The summed E-state index contributed by atoms with van der Waals surface area (Å²) in [5.41, 5.74) is 0. The van der Waals surface area contributed by atoms with Crippen LogP contribution in [0.25, 0.3) is 0 Å². The summed E-state index contributed by atoms with van der Waals surface area (Å²) in [6.45, 7) is 5.43. The van der Waals surface area contributed by atoms with Crippen molar-refractivity contribution >= 4 is 23.7 Å². The van der Waals surface area contributed by atoms with Gasteiger partial charge in [0.15, 0.2) is 0 Å². The molecule has 112 valence electrons. The van der Waals surface area contributed by atoms with Crippen LogP contribution in [0.15, 0.2) is 0 Å². The van der Waals surface area contributed by atoms with Gasteiger partial charge in [-0.25, -0.2) is 0 Å². The molecule has 1 aliphatic rings. The molecule has 2 heterocycles. The number of rotatable bonds is 7. The second kappa shape index (κ2) is 8.14. The Labute approximate surface area is 124 Å². The van der Waals surface area contributed by atoms with Crippen LogP contribution in [0.3, 0.4) is 0 Å². The van der Waals surface area contributed by atoms with E-state index in [1.807, 2.05) is 18.7 Å². The fourth-order valence-corrected chi connectivity index (χ4v) is 3.06. The first-order valence-corrected chi connectivity index (χ1v) is 8.44. The molecule has 0 amide bonds. The Morgan fingerprint density at radius 2 is 1.90 bits per heavy atom. The first kappa shape index (κ1) is 15.2. The Hall–Kier alpha value is -1.24. The van der Waals surface area contributed by atoms with E-state index >= 15 is 0 Å². The predicted molar refractivity (Wildman–Crippen MR) is 83.7 cm³/mol. The SMILES string of the molecule is CCCNc1nc(NC2CCSCC2)nc(OCC)n1. The van der Waals surface area contributed by atoms with Gasteiger partial charge in [0.25, 0.3) is 0 Å². The molecule has 0 radical (unpaired) electrons. The lowest BCUT2D eigenvalue weighted by Crippen LogP contribution is -2.26. The molecular formula is C13H23N5OS. The average Bonchev–Trinajstić information content (AvgIpc) is 2.46. The van der Waals surface area contributed by atoms with Crippen molar-refractivity contribution in [3.63, 3.8) is 0 Å². The lowest BCUT2D eigenvalue weighted by atomic mass is 10.2. The standard InChI is InChI=1S/C13H23N5OS/c1-3-7-14-11-16-12(18-13(17-11)19-4-2)15-10-5-8-20-9-6-10/h10H,3-9H2,1-2H3,(H2,14,15,16,17,18). The molecule has 7 heteroatoms. The number of ether oxygens (including phenoxy) is 1. The van der Waals surface area contributed by atoms with Crippen LogP contribution in [0.1, 0.15) is 33.1 Å². The first-order valence-electron chi connectivity index (χ1n) is 7.28. The van der Waals surface area contributed by atoms with E-state index in [9.17, 15) is 0 Å². The molecule has 2 N–H and O–H groups in total. The average molecular weight is 297 g/mol. The highest BCUT2D eigenvalue weighted by molar-refractivity contribution is 7.99. The topological polar surface area (TPSA) is 72.0 Å². The van der Waals surface area contributed by atoms with E-state index in [4.69, 9.17) is 4.74 Å². The molecule has 0 atom stereocenters. The Kier molecular flexibility index (Phi) is 6.17. The van der Waals surface area contributed by atoms with Crippen LogP contribution in [0.4, 0.5) is 11.9 Å². The Balaban J connectivity index is 2.06. The van der Waals surface area contributed by atoms with Crippen molar-refractivity contribution in [1.29, 1.82) is 0 Å². The number of hydrogen-bond acceptors (Lipinski definition) is 7. The molecule has 1 aromatic rings. The zero-order valence-electron chi connectivity index (χ0n) is 12.2. The minimum Gasteiger partial charge on any atom is -0.464 e. The number of nitrogens with zero attached hydrogens (tertiary/aromatic N) is 3. The summed E-state index contributed by atoms with van der Waals surface area (Å²) in [6.07, 6.45) is 3.33. The van der Waals surface area contributed by atoms with E-state index in [2.05, 4.69) is 32.5 Å². The van der Waals surface area contributed by atoms with E-state index in [0.29, 0.717) is 30.6 Å². The van der Waals surface area contributed by atoms with Crippen LogP contribution >= 0.6 is 11.8 Å². The normalized spacial score (nSPS) is 15.9. The minimum absolute atomic E-state index is 0.383. The van der Waals surface area contributed by atoms with Crippen molar-refractivity contribution in [3.05, 3.63) is 0 Å². The fourth-order valence-electron chi connectivity index (χ4n) is 1.96. The van der Waals surface area contributed by atoms with E-state index in [0.717, 1.165) is 25.8 Å². The minimum atomic E-state index is 0.383. The van der Waals surface area contributed by atoms with Gasteiger partial charge in [0.05, 0.1) is 6.61 Å². The third-order valence-electron chi connectivity index (χ3n) is 2.98. The molecule has 0 aliphatic carbocycles. The van der Waals surface area contributed by atoms with Crippen LogP contribution in [0, 0.1) is 0 Å². The molecule has 6 nitrogen and oxygen atoms in total. The maximum absolute atomic E-state index is 5.41. The van der Waals surface area contributed by atoms with Crippen LogP contribution < -0.4 is 15.4 Å². The van der Waals surface area contributed by atoms with Crippen LogP contribution in [-0.4, -0.2) is 45.7 Å². The number of nitrogens with one attached hydrogen (secondary N) is 2. The quantitative estimate of drug-likeness (QED) is 0.800. The summed E-state index contributed by atoms with van der Waals surface area (Å²) in [7, 11) is 0. The van der Waals surface area contributed by atoms with E-state index in [-0.39, 0.29) is 0 Å². The van der Waals surface area contributed by atoms with E-state index in [1.54, 1.807) is 0 Å². The second-order valence-electron chi connectivity index (χ2n) is 4.66. The largest absolute Gasteiger partial charge is 0.464 e. The van der Waals surface area contributed by atoms with Crippen LogP contribution in [0.5, 0.6) is 6.01 Å². The van der Waals surface area contributed by atoms with Gasteiger partial charge in [0.1, 0.15) is 0 Å². The Morgan fingerprint density at radius 3 is 2.60 bits per heavy atom. The summed E-state index contributed by atoms with van der Waals surface area (Å²) in [4.78, 5) is 13.0. The van der Waals surface area contributed by atoms with E-state index < -0.39 is 0 Å². The molecule has 0 saturated carbocycles. The monoisotopic (exact) mass is 297 g/mol. The summed E-state index contributed by atoms with van der Waals surface area (Å²) in [5.74, 6) is 3.58. The molecule has 2 rings (SSSR count). The van der Waals surface area contributed by atoms with Gasteiger partial charge in [0.2, 0.25) is 11.9 Å². The number of anilines is 2. The zero-order valence-corrected chi connectivity index (χ0v) is 13.0. The third-order valence-corrected chi connectivity index (χ3v) is 4.02. The third kappa shape index (κ3) is 4.70. The highest BCUT2D eigenvalue weighted by Crippen LogP contribution is 2.20. The van der Waals surface area contributed by atoms with Gasteiger partial charge in [-0.2, -0.15) is 26.7 Å².